The van der Waals surface area contributed by atoms with E-state index < -0.39 is 49.8 Å². The highest BCUT2D eigenvalue weighted by molar-refractivity contribution is 7.90. The Kier molecular flexibility index (Phi) is 7.59. The number of benzene rings is 1. The van der Waals surface area contributed by atoms with E-state index >= 15 is 0 Å². The lowest BCUT2D eigenvalue weighted by Crippen LogP contribution is -2.44. The van der Waals surface area contributed by atoms with Crippen molar-refractivity contribution in [3.63, 3.8) is 0 Å². The van der Waals surface area contributed by atoms with Crippen LogP contribution in [0.1, 0.15) is 11.7 Å². The summed E-state index contributed by atoms with van der Waals surface area (Å²) in [6.07, 6.45) is -0.732. The minimum atomic E-state index is -5.02. The molecule has 0 heterocycles. The third-order valence-electron chi connectivity index (χ3n) is 2.92. The van der Waals surface area contributed by atoms with Crippen LogP contribution < -0.4 is 5.32 Å². The van der Waals surface area contributed by atoms with E-state index in [4.69, 9.17) is 27.8 Å². The zero-order valence-electron chi connectivity index (χ0n) is 12.6. The molecule has 0 radical (unpaired) electrons. The molecule has 1 aromatic carbocycles. The second kappa shape index (κ2) is 8.60. The van der Waals surface area contributed by atoms with Crippen LogP contribution in [-0.2, 0) is 29.2 Å². The van der Waals surface area contributed by atoms with Crippen molar-refractivity contribution >= 4 is 49.3 Å². The Hall–Kier alpha value is -0.980. The van der Waals surface area contributed by atoms with Crippen LogP contribution in [0.25, 0.3) is 0 Å². The highest BCUT2D eigenvalue weighted by Gasteiger charge is 2.31. The summed E-state index contributed by atoms with van der Waals surface area (Å²) >= 11 is 10.7. The number of hydrogen-bond donors (Lipinski definition) is 2. The van der Waals surface area contributed by atoms with E-state index in [2.05, 4.69) is 4.18 Å². The molecule has 0 aliphatic carbocycles. The van der Waals surface area contributed by atoms with Gasteiger partial charge in [-0.2, -0.15) is 8.42 Å². The first-order valence-corrected chi connectivity index (χ1v) is 10.6. The Morgan fingerprint density at radius 2 is 1.76 bits per heavy atom. The first-order valence-electron chi connectivity index (χ1n) is 6.45. The fraction of sp³-hybridized carbons (Fsp3) is 0.417. The maximum absolute atomic E-state index is 13.3. The monoisotopic (exact) mass is 437 g/mol. The Labute approximate surface area is 154 Å². The Morgan fingerprint density at radius 1 is 1.24 bits per heavy atom. The second-order valence-electron chi connectivity index (χ2n) is 4.86. The van der Waals surface area contributed by atoms with Crippen molar-refractivity contribution < 1.29 is 34.8 Å². The third kappa shape index (κ3) is 7.04. The Balaban J connectivity index is 3.25. The molecule has 8 nitrogen and oxygen atoms in total. The lowest BCUT2D eigenvalue weighted by atomic mass is 10.0. The number of alkyl halides is 3. The highest BCUT2D eigenvalue weighted by atomic mass is 35.5. The van der Waals surface area contributed by atoms with E-state index in [1.807, 2.05) is 5.32 Å². The molecule has 25 heavy (non-hydrogen) atoms. The van der Waals surface area contributed by atoms with Gasteiger partial charge < -0.3 is 5.32 Å². The Bertz CT molecular complexity index is 812. The number of rotatable bonds is 8. The SMILES string of the molecule is CS(=O)(=O)c1ccc([C@@H](OS(=O)(=O)O)[C@@H](CF)NC(=O)C(Cl)Cl)cc1. The van der Waals surface area contributed by atoms with Crippen molar-refractivity contribution in [3.8, 4) is 0 Å². The predicted molar refractivity (Wildman–Crippen MR) is 88.3 cm³/mol. The molecule has 0 aliphatic heterocycles. The van der Waals surface area contributed by atoms with Gasteiger partial charge in [-0.3, -0.25) is 9.35 Å². The van der Waals surface area contributed by atoms with Gasteiger partial charge in [0.15, 0.2) is 14.7 Å². The molecular formula is C12H14Cl2FNO7S2. The smallest absolute Gasteiger partial charge is 0.345 e. The number of halogens is 3. The molecule has 1 aromatic rings. The first kappa shape index (κ1) is 22.1. The van der Waals surface area contributed by atoms with Gasteiger partial charge in [-0.25, -0.2) is 17.0 Å². The largest absolute Gasteiger partial charge is 0.398 e. The van der Waals surface area contributed by atoms with E-state index in [1.54, 1.807) is 0 Å². The molecule has 0 aromatic heterocycles. The summed E-state index contributed by atoms with van der Waals surface area (Å²) in [6.45, 7) is -1.29. The Morgan fingerprint density at radius 3 is 2.12 bits per heavy atom. The number of nitrogens with one attached hydrogen (secondary N) is 1. The summed E-state index contributed by atoms with van der Waals surface area (Å²) in [5.74, 6) is -1.01. The van der Waals surface area contributed by atoms with Crippen LogP contribution in [0.4, 0.5) is 4.39 Å². The van der Waals surface area contributed by atoms with E-state index in [0.717, 1.165) is 30.5 Å². The van der Waals surface area contributed by atoms with Crippen LogP contribution in [0.2, 0.25) is 0 Å². The molecule has 0 unspecified atom stereocenters. The van der Waals surface area contributed by atoms with E-state index in [-0.39, 0.29) is 10.5 Å². The van der Waals surface area contributed by atoms with Gasteiger partial charge in [0, 0.05) is 6.26 Å². The van der Waals surface area contributed by atoms with Crippen molar-refractivity contribution in [3.05, 3.63) is 29.8 Å². The molecule has 0 spiro atoms. The third-order valence-corrected chi connectivity index (χ3v) is 4.89. The summed E-state index contributed by atoms with van der Waals surface area (Å²) in [4.78, 5) is 9.88. The van der Waals surface area contributed by atoms with Gasteiger partial charge in [-0.1, -0.05) is 35.3 Å². The first-order chi connectivity index (χ1) is 11.3. The number of sulfone groups is 1. The van der Waals surface area contributed by atoms with Gasteiger partial charge >= 0.3 is 10.4 Å². The fourth-order valence-corrected chi connectivity index (χ4v) is 3.10. The van der Waals surface area contributed by atoms with Crippen LogP contribution in [0.3, 0.4) is 0 Å². The van der Waals surface area contributed by atoms with Crippen LogP contribution in [0.15, 0.2) is 29.2 Å². The molecule has 0 saturated carbocycles. The number of amides is 1. The molecule has 2 atom stereocenters. The number of carbonyl (C=O) groups is 1. The zero-order valence-corrected chi connectivity index (χ0v) is 15.7. The molecule has 0 aliphatic rings. The predicted octanol–water partition coefficient (Wildman–Crippen LogP) is 1.21. The van der Waals surface area contributed by atoms with Gasteiger partial charge in [0.2, 0.25) is 0 Å². The van der Waals surface area contributed by atoms with Crippen molar-refractivity contribution in [2.45, 2.75) is 21.9 Å². The minimum Gasteiger partial charge on any atom is -0.345 e. The van der Waals surface area contributed by atoms with Crippen LogP contribution in [-0.4, -0.2) is 51.1 Å². The van der Waals surface area contributed by atoms with Crippen molar-refractivity contribution in [1.29, 1.82) is 0 Å². The maximum atomic E-state index is 13.3. The average molecular weight is 438 g/mol. The van der Waals surface area contributed by atoms with Crippen LogP contribution >= 0.6 is 23.2 Å². The number of carbonyl (C=O) groups excluding carboxylic acids is 1. The summed E-state index contributed by atoms with van der Waals surface area (Å²) in [5.41, 5.74) is -0.0198. The number of hydrogen-bond acceptors (Lipinski definition) is 6. The van der Waals surface area contributed by atoms with E-state index in [0.29, 0.717) is 0 Å². The van der Waals surface area contributed by atoms with Crippen LogP contribution in [0, 0.1) is 0 Å². The van der Waals surface area contributed by atoms with E-state index in [1.165, 1.54) is 0 Å². The van der Waals surface area contributed by atoms with E-state index in [9.17, 15) is 26.0 Å². The second-order valence-corrected chi connectivity index (χ2v) is 9.02. The molecule has 0 fully saturated rings. The minimum absolute atomic E-state index is 0.0198. The van der Waals surface area contributed by atoms with Gasteiger partial charge in [0.05, 0.1) is 10.9 Å². The molecule has 0 bridgehead atoms. The van der Waals surface area contributed by atoms with Gasteiger partial charge in [0.25, 0.3) is 5.91 Å². The summed E-state index contributed by atoms with van der Waals surface area (Å²) in [5, 5.41) is 2.04. The fourth-order valence-electron chi connectivity index (χ4n) is 1.83. The van der Waals surface area contributed by atoms with Crippen molar-refractivity contribution in [2.24, 2.45) is 0 Å². The van der Waals surface area contributed by atoms with Crippen LogP contribution in [0.5, 0.6) is 0 Å². The molecule has 142 valence electrons. The molecule has 0 saturated heterocycles. The lowest BCUT2D eigenvalue weighted by molar-refractivity contribution is -0.121. The van der Waals surface area contributed by atoms with Gasteiger partial charge in [-0.15, -0.1) is 0 Å². The zero-order chi connectivity index (χ0) is 19.4. The summed E-state index contributed by atoms with van der Waals surface area (Å²) in [6, 6.07) is 3.00. The molecule has 1 rings (SSSR count). The van der Waals surface area contributed by atoms with Gasteiger partial charge in [0.1, 0.15) is 12.8 Å². The topological polar surface area (TPSA) is 127 Å². The molecular weight excluding hydrogens is 424 g/mol. The summed E-state index contributed by atoms with van der Waals surface area (Å²) in [7, 11) is -8.55. The molecule has 13 heteroatoms. The normalized spacial score (nSPS) is 15.0. The standard InChI is InChI=1S/C12H14Cl2FNO7S2/c1-24(18,19)8-4-2-7(3-5-8)10(23-25(20,21)22)9(6-15)16-12(17)11(13)14/h2-5,9-11H,6H2,1H3,(H,16,17)(H,20,21,22)/t9-,10-/m1/s1. The quantitative estimate of drug-likeness (QED) is 0.461. The van der Waals surface area contributed by atoms with Gasteiger partial charge in [-0.05, 0) is 17.7 Å². The average Bonchev–Trinajstić information content (AvgIpc) is 2.48. The highest BCUT2D eigenvalue weighted by Crippen LogP contribution is 2.25. The van der Waals surface area contributed by atoms with Crippen molar-refractivity contribution in [1.82, 2.24) is 5.32 Å². The van der Waals surface area contributed by atoms with Crippen molar-refractivity contribution in [2.75, 3.05) is 12.9 Å². The maximum Gasteiger partial charge on any atom is 0.398 e. The molecule has 1 amide bonds. The molecule has 2 N–H and O–H groups in total. The lowest BCUT2D eigenvalue weighted by Gasteiger charge is -2.25. The summed E-state index contributed by atoms with van der Waals surface area (Å²) < 4.78 is 71.6.